The number of rotatable bonds is 10. The van der Waals surface area contributed by atoms with Gasteiger partial charge in [0.05, 0.1) is 28.0 Å². The summed E-state index contributed by atoms with van der Waals surface area (Å²) < 4.78 is 2.28. The number of phenols is 1. The number of imidazole rings is 1. The van der Waals surface area contributed by atoms with E-state index in [1.807, 2.05) is 30.5 Å². The smallest absolute Gasteiger partial charge is 0.149 e. The molecule has 12 rings (SSSR count). The Morgan fingerprint density at radius 3 is 1.65 bits per heavy atom. The second kappa shape index (κ2) is 19.8. The number of hydrogen-bond donors (Lipinski definition) is 1. The number of aromatic hydroxyl groups is 1. The van der Waals surface area contributed by atoms with E-state index >= 15 is 0 Å². The molecule has 0 bridgehead atoms. The van der Waals surface area contributed by atoms with Gasteiger partial charge < -0.3 is 5.11 Å². The summed E-state index contributed by atoms with van der Waals surface area (Å²) in [6.45, 7) is 6.79. The van der Waals surface area contributed by atoms with Gasteiger partial charge in [-0.15, -0.1) is 0 Å². The molecule has 0 aliphatic heterocycles. The van der Waals surface area contributed by atoms with Crippen LogP contribution in [0.3, 0.4) is 0 Å². The predicted molar refractivity (Wildman–Crippen MR) is 309 cm³/mol. The summed E-state index contributed by atoms with van der Waals surface area (Å²) in [7, 11) is 0. The molecule has 360 valence electrons. The van der Waals surface area contributed by atoms with Gasteiger partial charge in [-0.05, 0) is 146 Å². The highest BCUT2D eigenvalue weighted by Gasteiger charge is 2.26. The Morgan fingerprint density at radius 1 is 0.432 bits per heavy atom. The number of fused-ring (bicyclic) bond motifs is 1. The predicted octanol–water partition coefficient (Wildman–Crippen LogP) is 18.8. The summed E-state index contributed by atoms with van der Waals surface area (Å²) in [5.74, 6) is 1.47. The van der Waals surface area contributed by atoms with Crippen LogP contribution in [0.25, 0.3) is 106 Å². The number of phenolic OH excluding ortho intramolecular Hbond substituents is 1. The number of nitrogens with zero attached hydrogens (tertiary/aromatic N) is 3. The minimum Gasteiger partial charge on any atom is -0.507 e. The summed E-state index contributed by atoms with van der Waals surface area (Å²) >= 11 is 0. The van der Waals surface area contributed by atoms with Gasteiger partial charge in [-0.1, -0.05) is 204 Å². The standard InChI is InChI=1S/C70H59N3O/c1-70(2,3)59-36-37-65(61(46-59)52-26-15-7-16-27-52)73-66-31-19-30-60(67(66)72-69(73)63-44-56(49-24-13-6-14-25-49)43-62(68(63)74)53-28-17-8-18-29-53)57-40-55(48-22-11-5-12-23-48)41-58(42-57)64-45-54(38-39-71-64)51-34-32-50(33-35-51)47-20-9-4-10-21-47/h5-8,11-19,22-47,74H,4,9-10,20-21H2,1-3H3. The summed E-state index contributed by atoms with van der Waals surface area (Å²) in [4.78, 5) is 10.8. The molecule has 9 aromatic carbocycles. The number of hydrogen-bond acceptors (Lipinski definition) is 3. The quantitative estimate of drug-likeness (QED) is 0.149. The van der Waals surface area contributed by atoms with E-state index in [4.69, 9.17) is 9.97 Å². The van der Waals surface area contributed by atoms with Gasteiger partial charge in [0, 0.05) is 28.5 Å². The Kier molecular flexibility index (Phi) is 12.4. The molecule has 11 aromatic rings. The Bertz CT molecular complexity index is 3770. The van der Waals surface area contributed by atoms with Crippen molar-refractivity contribution in [3.63, 3.8) is 0 Å². The molecule has 4 nitrogen and oxygen atoms in total. The third-order valence-corrected chi connectivity index (χ3v) is 15.1. The number of para-hydroxylation sites is 1. The zero-order valence-electron chi connectivity index (χ0n) is 42.3. The maximum atomic E-state index is 12.8. The van der Waals surface area contributed by atoms with Crippen LogP contribution in [0.5, 0.6) is 5.75 Å². The van der Waals surface area contributed by atoms with Gasteiger partial charge in [-0.2, -0.15) is 0 Å². The average Bonchev–Trinajstić information content (AvgIpc) is 3.85. The molecule has 0 amide bonds. The highest BCUT2D eigenvalue weighted by atomic mass is 16.3. The molecule has 74 heavy (non-hydrogen) atoms. The van der Waals surface area contributed by atoms with Crippen LogP contribution < -0.4 is 0 Å². The van der Waals surface area contributed by atoms with Crippen molar-refractivity contribution in [1.82, 2.24) is 14.5 Å². The molecule has 1 N–H and O–H groups in total. The van der Waals surface area contributed by atoms with Gasteiger partial charge >= 0.3 is 0 Å². The van der Waals surface area contributed by atoms with Gasteiger partial charge in [0.25, 0.3) is 0 Å². The van der Waals surface area contributed by atoms with E-state index in [0.29, 0.717) is 17.3 Å². The average molecular weight is 958 g/mol. The van der Waals surface area contributed by atoms with Crippen molar-refractivity contribution in [2.45, 2.75) is 64.2 Å². The highest BCUT2D eigenvalue weighted by molar-refractivity contribution is 5.99. The van der Waals surface area contributed by atoms with Crippen LogP contribution in [0.4, 0.5) is 0 Å². The number of benzene rings is 9. The highest BCUT2D eigenvalue weighted by Crippen LogP contribution is 2.46. The van der Waals surface area contributed by atoms with Crippen molar-refractivity contribution in [2.24, 2.45) is 0 Å². The van der Waals surface area contributed by atoms with Gasteiger partial charge in [-0.3, -0.25) is 9.55 Å². The molecule has 1 aliphatic rings. The maximum Gasteiger partial charge on any atom is 0.149 e. The Hall–Kier alpha value is -8.60. The van der Waals surface area contributed by atoms with Gasteiger partial charge in [0.2, 0.25) is 0 Å². The van der Waals surface area contributed by atoms with E-state index < -0.39 is 0 Å². The van der Waals surface area contributed by atoms with Crippen LogP contribution in [0.1, 0.15) is 69.9 Å². The molecule has 0 unspecified atom stereocenters. The third-order valence-electron chi connectivity index (χ3n) is 15.1. The molecule has 0 atom stereocenters. The first kappa shape index (κ1) is 46.5. The van der Waals surface area contributed by atoms with Crippen LogP contribution in [-0.2, 0) is 5.41 Å². The lowest BCUT2D eigenvalue weighted by Crippen LogP contribution is -2.12. The summed E-state index contributed by atoms with van der Waals surface area (Å²) in [5, 5.41) is 12.8. The summed E-state index contributed by atoms with van der Waals surface area (Å²) in [5.41, 5.74) is 20.3. The minimum absolute atomic E-state index is 0.100. The molecule has 0 saturated heterocycles. The molecular weight excluding hydrogens is 899 g/mol. The molecule has 1 aliphatic carbocycles. The zero-order chi connectivity index (χ0) is 50.2. The van der Waals surface area contributed by atoms with Crippen LogP contribution >= 0.6 is 0 Å². The van der Waals surface area contributed by atoms with Crippen molar-refractivity contribution in [3.8, 4) is 101 Å². The Balaban J connectivity index is 1.10. The van der Waals surface area contributed by atoms with Gasteiger partial charge in [0.1, 0.15) is 11.6 Å². The maximum absolute atomic E-state index is 12.8. The fraction of sp³-hybridized carbons (Fsp3) is 0.143. The Morgan fingerprint density at radius 2 is 1.00 bits per heavy atom. The van der Waals surface area contributed by atoms with E-state index in [1.165, 1.54) is 48.8 Å². The second-order valence-electron chi connectivity index (χ2n) is 21.0. The number of aromatic nitrogens is 3. The summed E-state index contributed by atoms with van der Waals surface area (Å²) in [6, 6.07) is 79.8. The van der Waals surface area contributed by atoms with Gasteiger partial charge in [-0.25, -0.2) is 4.98 Å². The first-order valence-corrected chi connectivity index (χ1v) is 26.2. The van der Waals surface area contributed by atoms with Crippen LogP contribution in [0, 0.1) is 0 Å². The lowest BCUT2D eigenvalue weighted by Gasteiger charge is -2.23. The SMILES string of the molecule is CC(C)(C)c1ccc(-n2c(-c3cc(-c4ccccc4)cc(-c4ccccc4)c3O)nc3c(-c4cc(-c5ccccc5)cc(-c5cc(-c6ccc(C7CCCCC7)cc6)ccn5)c4)cccc32)c(-c2ccccc2)c1. The lowest BCUT2D eigenvalue weighted by molar-refractivity contribution is 0.443. The molecular formula is C70H59N3O. The number of pyridine rings is 1. The zero-order valence-corrected chi connectivity index (χ0v) is 42.3. The van der Waals surface area contributed by atoms with Crippen molar-refractivity contribution in [3.05, 3.63) is 242 Å². The van der Waals surface area contributed by atoms with E-state index in [1.54, 1.807) is 0 Å². The van der Waals surface area contributed by atoms with Crippen molar-refractivity contribution < 1.29 is 5.11 Å². The van der Waals surface area contributed by atoms with Crippen LogP contribution in [0.2, 0.25) is 0 Å². The van der Waals surface area contributed by atoms with E-state index in [9.17, 15) is 5.11 Å². The van der Waals surface area contributed by atoms with E-state index in [0.717, 1.165) is 89.2 Å². The molecule has 4 heteroatoms. The lowest BCUT2D eigenvalue weighted by atomic mass is 9.84. The monoisotopic (exact) mass is 957 g/mol. The van der Waals surface area contributed by atoms with E-state index in [-0.39, 0.29) is 11.2 Å². The summed E-state index contributed by atoms with van der Waals surface area (Å²) in [6.07, 6.45) is 8.51. The minimum atomic E-state index is -0.100. The molecule has 1 saturated carbocycles. The first-order valence-electron chi connectivity index (χ1n) is 26.2. The normalized spacial score (nSPS) is 13.1. The molecule has 0 radical (unpaired) electrons. The fourth-order valence-electron chi connectivity index (χ4n) is 11.1. The third kappa shape index (κ3) is 9.13. The molecule has 2 heterocycles. The second-order valence-corrected chi connectivity index (χ2v) is 21.0. The van der Waals surface area contributed by atoms with Crippen LogP contribution in [0.15, 0.2) is 231 Å². The Labute approximate surface area is 435 Å². The van der Waals surface area contributed by atoms with Crippen LogP contribution in [-0.4, -0.2) is 19.6 Å². The molecule has 0 spiro atoms. The van der Waals surface area contributed by atoms with E-state index in [2.05, 4.69) is 226 Å². The first-order chi connectivity index (χ1) is 36.2. The molecule has 2 aromatic heterocycles. The topological polar surface area (TPSA) is 50.9 Å². The van der Waals surface area contributed by atoms with Crippen molar-refractivity contribution in [2.75, 3.05) is 0 Å². The van der Waals surface area contributed by atoms with Crippen molar-refractivity contribution >= 4 is 11.0 Å². The largest absolute Gasteiger partial charge is 0.507 e. The van der Waals surface area contributed by atoms with Gasteiger partial charge in [0.15, 0.2) is 0 Å². The fourth-order valence-corrected chi connectivity index (χ4v) is 11.1. The van der Waals surface area contributed by atoms with Crippen molar-refractivity contribution in [1.29, 1.82) is 0 Å². The molecule has 1 fully saturated rings.